The van der Waals surface area contributed by atoms with E-state index in [1.54, 1.807) is 18.2 Å². The first-order valence-corrected chi connectivity index (χ1v) is 17.4. The monoisotopic (exact) mass is 666 g/mol. The average molecular weight is 667 g/mol. The first-order chi connectivity index (χ1) is 24.8. The highest BCUT2D eigenvalue weighted by Gasteiger charge is 2.40. The molecule has 3 N–H and O–H groups in total. The molecule has 0 radical (unpaired) electrons. The highest BCUT2D eigenvalue weighted by molar-refractivity contribution is 5.89. The van der Waals surface area contributed by atoms with Crippen molar-refractivity contribution in [1.29, 1.82) is 0 Å². The number of rotatable bonds is 12. The van der Waals surface area contributed by atoms with Gasteiger partial charge >= 0.3 is 0 Å². The Morgan fingerprint density at radius 1 is 0.373 bits per heavy atom. The van der Waals surface area contributed by atoms with Gasteiger partial charge < -0.3 is 15.3 Å². The van der Waals surface area contributed by atoms with Crippen molar-refractivity contribution in [2.75, 3.05) is 0 Å². The Kier molecular flexibility index (Phi) is 9.05. The van der Waals surface area contributed by atoms with Crippen LogP contribution in [0.15, 0.2) is 184 Å². The Morgan fingerprint density at radius 3 is 0.902 bits per heavy atom. The van der Waals surface area contributed by atoms with Crippen LogP contribution in [0.3, 0.4) is 0 Å². The van der Waals surface area contributed by atoms with Gasteiger partial charge in [0.15, 0.2) is 0 Å². The van der Waals surface area contributed by atoms with Crippen molar-refractivity contribution in [3.63, 3.8) is 0 Å². The fourth-order valence-electron chi connectivity index (χ4n) is 7.88. The highest BCUT2D eigenvalue weighted by atomic mass is 16.3. The molecule has 0 spiro atoms. The van der Waals surface area contributed by atoms with Crippen LogP contribution in [-0.2, 0) is 16.8 Å². The molecular weight excluding hydrogens is 625 g/mol. The molecular formula is C48H42O3. The standard InChI is InChI=1S/C48H42O3/c1-4-28-46(49,43-25-13-19-34-16-7-10-22-40(34)43)37-31-38(47(50,29-5-2)44-26-14-20-35-17-8-11-23-41(35)44)33-39(32-37)48(51,30-6-3)45-27-15-21-36-18-9-12-24-42(36)45/h4-27,31-33,49-51H,1-3,28-30H2. The lowest BCUT2D eigenvalue weighted by Crippen LogP contribution is -2.33. The van der Waals surface area contributed by atoms with E-state index in [9.17, 15) is 15.3 Å². The maximum absolute atomic E-state index is 13.1. The van der Waals surface area contributed by atoms with Gasteiger partial charge in [0.05, 0.1) is 0 Å². The van der Waals surface area contributed by atoms with E-state index in [4.69, 9.17) is 0 Å². The van der Waals surface area contributed by atoms with Crippen LogP contribution in [0.5, 0.6) is 0 Å². The summed E-state index contributed by atoms with van der Waals surface area (Å²) in [6, 6.07) is 47.4. The van der Waals surface area contributed by atoms with Gasteiger partial charge in [-0.2, -0.15) is 0 Å². The minimum absolute atomic E-state index is 0.187. The molecule has 0 saturated carbocycles. The quantitative estimate of drug-likeness (QED) is 0.114. The van der Waals surface area contributed by atoms with Gasteiger partial charge in [-0.25, -0.2) is 0 Å². The summed E-state index contributed by atoms with van der Waals surface area (Å²) in [4.78, 5) is 0. The van der Waals surface area contributed by atoms with Crippen molar-refractivity contribution in [3.8, 4) is 0 Å². The van der Waals surface area contributed by atoms with Crippen molar-refractivity contribution in [2.45, 2.75) is 36.1 Å². The SMILES string of the molecule is C=CCC(O)(c1cc(C(O)(CC=C)c2cccc3ccccc23)cc(C(O)(CC=C)c2cccc3ccccc23)c1)c1cccc2ccccc12. The molecule has 51 heavy (non-hydrogen) atoms. The molecule has 0 aliphatic heterocycles. The van der Waals surface area contributed by atoms with Crippen LogP contribution in [0.2, 0.25) is 0 Å². The van der Waals surface area contributed by atoms with Gasteiger partial charge in [-0.15, -0.1) is 19.7 Å². The van der Waals surface area contributed by atoms with Crippen LogP contribution in [0.1, 0.15) is 52.6 Å². The second kappa shape index (κ2) is 13.6. The van der Waals surface area contributed by atoms with Gasteiger partial charge in [-0.05, 0) is 83.9 Å². The molecule has 3 heteroatoms. The maximum Gasteiger partial charge on any atom is 0.119 e. The molecule has 0 bridgehead atoms. The van der Waals surface area contributed by atoms with E-state index in [-0.39, 0.29) is 19.3 Å². The van der Waals surface area contributed by atoms with Gasteiger partial charge in [0, 0.05) is 19.3 Å². The summed E-state index contributed by atoms with van der Waals surface area (Å²) in [6.07, 6.45) is 5.71. The van der Waals surface area contributed by atoms with Crippen molar-refractivity contribution in [3.05, 3.63) is 217 Å². The second-order valence-corrected chi connectivity index (χ2v) is 13.4. The molecule has 0 aliphatic carbocycles. The Hall–Kier alpha value is -5.58. The Labute approximate surface area is 299 Å². The molecule has 0 heterocycles. The number of fused-ring (bicyclic) bond motifs is 3. The normalized spacial score (nSPS) is 15.1. The Bertz CT molecular complexity index is 2130. The highest BCUT2D eigenvalue weighted by Crippen LogP contribution is 2.46. The lowest BCUT2D eigenvalue weighted by Gasteiger charge is -2.37. The molecule has 0 fully saturated rings. The summed E-state index contributed by atoms with van der Waals surface area (Å²) in [5.41, 5.74) is -1.03. The van der Waals surface area contributed by atoms with Crippen molar-refractivity contribution in [1.82, 2.24) is 0 Å². The van der Waals surface area contributed by atoms with E-state index in [1.807, 2.05) is 146 Å². The Morgan fingerprint density at radius 2 is 0.627 bits per heavy atom. The molecule has 0 aromatic heterocycles. The van der Waals surface area contributed by atoms with Crippen LogP contribution in [0.4, 0.5) is 0 Å². The smallest absolute Gasteiger partial charge is 0.119 e. The van der Waals surface area contributed by atoms with Gasteiger partial charge in [-0.1, -0.05) is 146 Å². The number of benzene rings is 7. The lowest BCUT2D eigenvalue weighted by atomic mass is 9.73. The van der Waals surface area contributed by atoms with Crippen LogP contribution in [0.25, 0.3) is 32.3 Å². The van der Waals surface area contributed by atoms with Crippen LogP contribution >= 0.6 is 0 Å². The van der Waals surface area contributed by atoms with E-state index in [0.717, 1.165) is 32.3 Å². The van der Waals surface area contributed by atoms with Gasteiger partial charge in [-0.3, -0.25) is 0 Å². The van der Waals surface area contributed by atoms with Crippen LogP contribution < -0.4 is 0 Å². The number of hydrogen-bond acceptors (Lipinski definition) is 3. The zero-order valence-corrected chi connectivity index (χ0v) is 28.7. The topological polar surface area (TPSA) is 60.7 Å². The second-order valence-electron chi connectivity index (χ2n) is 13.4. The first kappa shape index (κ1) is 33.9. The molecule has 3 atom stereocenters. The third-order valence-corrected chi connectivity index (χ3v) is 10.4. The maximum atomic E-state index is 13.1. The molecule has 7 aromatic rings. The fraction of sp³-hybridized carbons (Fsp3) is 0.125. The third kappa shape index (κ3) is 5.80. The third-order valence-electron chi connectivity index (χ3n) is 10.4. The van der Waals surface area contributed by atoms with E-state index in [1.165, 1.54) is 0 Å². The van der Waals surface area contributed by atoms with Crippen molar-refractivity contribution < 1.29 is 15.3 Å². The summed E-state index contributed by atoms with van der Waals surface area (Å²) in [5, 5.41) is 45.0. The van der Waals surface area contributed by atoms with Gasteiger partial charge in [0.2, 0.25) is 0 Å². The molecule has 0 amide bonds. The average Bonchev–Trinajstić information content (AvgIpc) is 3.17. The summed E-state index contributed by atoms with van der Waals surface area (Å²) in [7, 11) is 0. The van der Waals surface area contributed by atoms with E-state index >= 15 is 0 Å². The summed E-state index contributed by atoms with van der Waals surface area (Å²) in [6.45, 7) is 12.2. The molecule has 7 aromatic carbocycles. The number of hydrogen-bond donors (Lipinski definition) is 3. The molecule has 3 nitrogen and oxygen atoms in total. The fourth-order valence-corrected chi connectivity index (χ4v) is 7.88. The van der Waals surface area contributed by atoms with Crippen LogP contribution in [-0.4, -0.2) is 15.3 Å². The molecule has 7 rings (SSSR count). The number of aliphatic hydroxyl groups is 3. The van der Waals surface area contributed by atoms with E-state index in [0.29, 0.717) is 33.4 Å². The van der Waals surface area contributed by atoms with Gasteiger partial charge in [0.25, 0.3) is 0 Å². The Balaban J connectivity index is 1.59. The minimum atomic E-state index is -1.57. The lowest BCUT2D eigenvalue weighted by molar-refractivity contribution is 0.0720. The zero-order valence-electron chi connectivity index (χ0n) is 28.7. The predicted molar refractivity (Wildman–Crippen MR) is 212 cm³/mol. The molecule has 3 unspecified atom stereocenters. The largest absolute Gasteiger partial charge is 0.380 e. The molecule has 0 saturated heterocycles. The van der Waals surface area contributed by atoms with Crippen LogP contribution in [0, 0.1) is 0 Å². The van der Waals surface area contributed by atoms with Gasteiger partial charge in [0.1, 0.15) is 16.8 Å². The van der Waals surface area contributed by atoms with E-state index in [2.05, 4.69) is 19.7 Å². The summed E-state index contributed by atoms with van der Waals surface area (Å²) in [5.74, 6) is 0. The predicted octanol–water partition coefficient (Wildman–Crippen LogP) is 10.6. The van der Waals surface area contributed by atoms with Crippen molar-refractivity contribution >= 4 is 32.3 Å². The first-order valence-electron chi connectivity index (χ1n) is 17.4. The summed E-state index contributed by atoms with van der Waals surface area (Å²) >= 11 is 0. The van der Waals surface area contributed by atoms with Crippen molar-refractivity contribution in [2.24, 2.45) is 0 Å². The molecule has 0 aliphatic rings. The van der Waals surface area contributed by atoms with E-state index < -0.39 is 16.8 Å². The minimum Gasteiger partial charge on any atom is -0.380 e. The molecule has 252 valence electrons. The summed E-state index contributed by atoms with van der Waals surface area (Å²) < 4.78 is 0. The zero-order chi connectivity index (χ0) is 35.6.